The maximum atomic E-state index is 11.4. The molecule has 2 N–H and O–H groups in total. The summed E-state index contributed by atoms with van der Waals surface area (Å²) in [6.45, 7) is 5.11. The van der Waals surface area contributed by atoms with Crippen LogP contribution in [0.3, 0.4) is 0 Å². The van der Waals surface area contributed by atoms with Gasteiger partial charge in [-0.1, -0.05) is 6.92 Å². The average molecular weight is 239 g/mol. The van der Waals surface area contributed by atoms with Gasteiger partial charge < -0.3 is 10.1 Å². The van der Waals surface area contributed by atoms with Crippen LogP contribution in [-0.4, -0.2) is 39.7 Å². The minimum absolute atomic E-state index is 0.101. The first-order valence-electron chi connectivity index (χ1n) is 5.97. The van der Waals surface area contributed by atoms with Gasteiger partial charge in [0.1, 0.15) is 5.82 Å². The van der Waals surface area contributed by atoms with Gasteiger partial charge in [-0.25, -0.2) is 4.98 Å². The van der Waals surface area contributed by atoms with Gasteiger partial charge in [0.15, 0.2) is 0 Å². The lowest BCUT2D eigenvalue weighted by Gasteiger charge is -2.16. The molecule has 0 radical (unpaired) electrons. The molecule has 0 saturated carbocycles. The predicted molar refractivity (Wildman–Crippen MR) is 66.9 cm³/mol. The molecule has 5 heteroatoms. The molecule has 0 amide bonds. The number of hydrogen-bond acceptors (Lipinski definition) is 4. The van der Waals surface area contributed by atoms with Crippen LogP contribution in [0.1, 0.15) is 31.8 Å². The number of nitrogens with one attached hydrogen (secondary N) is 1. The molecule has 0 bridgehead atoms. The van der Waals surface area contributed by atoms with Gasteiger partial charge >= 0.3 is 0 Å². The quantitative estimate of drug-likeness (QED) is 0.760. The standard InChI is InChI=1S/C12H21N3O2/c1-4-10-7-12(17)14-11(13-10)8-15(3)6-5-9(2)16/h7,9,16H,4-6,8H2,1-3H3,(H,13,14,17). The molecule has 0 fully saturated rings. The van der Waals surface area contributed by atoms with E-state index in [1.54, 1.807) is 6.92 Å². The highest BCUT2D eigenvalue weighted by molar-refractivity contribution is 5.02. The Bertz CT molecular complexity index is 401. The Hall–Kier alpha value is -1.20. The molecular weight excluding hydrogens is 218 g/mol. The van der Waals surface area contributed by atoms with E-state index in [-0.39, 0.29) is 11.7 Å². The molecule has 0 spiro atoms. The molecule has 0 aliphatic heterocycles. The summed E-state index contributed by atoms with van der Waals surface area (Å²) in [5, 5.41) is 9.19. The molecule has 0 saturated heterocycles. The number of hydrogen-bond donors (Lipinski definition) is 2. The van der Waals surface area contributed by atoms with E-state index >= 15 is 0 Å². The van der Waals surface area contributed by atoms with Crippen molar-refractivity contribution in [2.24, 2.45) is 0 Å². The fourth-order valence-corrected chi connectivity index (χ4v) is 1.56. The number of aliphatic hydroxyl groups excluding tert-OH is 1. The van der Waals surface area contributed by atoms with E-state index in [1.165, 1.54) is 6.07 Å². The maximum Gasteiger partial charge on any atom is 0.251 e. The molecule has 5 nitrogen and oxygen atoms in total. The second kappa shape index (κ2) is 6.51. The number of H-pyrrole nitrogens is 1. The zero-order valence-electron chi connectivity index (χ0n) is 10.7. The van der Waals surface area contributed by atoms with Crippen molar-refractivity contribution in [1.29, 1.82) is 0 Å². The molecule has 0 aliphatic carbocycles. The van der Waals surface area contributed by atoms with Gasteiger partial charge in [0, 0.05) is 18.3 Å². The molecule has 1 atom stereocenters. The number of rotatable bonds is 6. The third-order valence-corrected chi connectivity index (χ3v) is 2.55. The van der Waals surface area contributed by atoms with Gasteiger partial charge in [0.25, 0.3) is 5.56 Å². The Morgan fingerprint density at radius 3 is 2.88 bits per heavy atom. The fourth-order valence-electron chi connectivity index (χ4n) is 1.56. The third kappa shape index (κ3) is 5.10. The van der Waals surface area contributed by atoms with E-state index in [4.69, 9.17) is 0 Å². The largest absolute Gasteiger partial charge is 0.393 e. The zero-order valence-corrected chi connectivity index (χ0v) is 10.7. The van der Waals surface area contributed by atoms with Gasteiger partial charge in [-0.05, 0) is 26.8 Å². The fraction of sp³-hybridized carbons (Fsp3) is 0.667. The van der Waals surface area contributed by atoms with Gasteiger partial charge in [-0.2, -0.15) is 0 Å². The monoisotopic (exact) mass is 239 g/mol. The van der Waals surface area contributed by atoms with E-state index in [9.17, 15) is 9.90 Å². The smallest absolute Gasteiger partial charge is 0.251 e. The first-order chi connectivity index (χ1) is 8.01. The summed E-state index contributed by atoms with van der Waals surface area (Å²) in [7, 11) is 1.95. The predicted octanol–water partition coefficient (Wildman–Crippen LogP) is 0.535. The minimum atomic E-state index is -0.300. The molecular formula is C12H21N3O2. The number of aromatic amines is 1. The van der Waals surface area contributed by atoms with Crippen molar-refractivity contribution in [2.45, 2.75) is 39.3 Å². The van der Waals surface area contributed by atoms with Crippen molar-refractivity contribution in [2.75, 3.05) is 13.6 Å². The SMILES string of the molecule is CCc1cc(=O)[nH]c(CN(C)CCC(C)O)n1. The lowest BCUT2D eigenvalue weighted by molar-refractivity contribution is 0.162. The number of aromatic nitrogens is 2. The van der Waals surface area contributed by atoms with Crippen molar-refractivity contribution in [1.82, 2.24) is 14.9 Å². The van der Waals surface area contributed by atoms with Gasteiger partial charge in [0.05, 0.1) is 12.6 Å². The molecule has 1 unspecified atom stereocenters. The lowest BCUT2D eigenvalue weighted by atomic mass is 10.2. The Morgan fingerprint density at radius 1 is 1.59 bits per heavy atom. The van der Waals surface area contributed by atoms with E-state index in [0.717, 1.165) is 18.7 Å². The Labute approximate surface area is 102 Å². The molecule has 1 heterocycles. The summed E-state index contributed by atoms with van der Waals surface area (Å²) in [4.78, 5) is 20.5. The van der Waals surface area contributed by atoms with Crippen LogP contribution in [0.4, 0.5) is 0 Å². The van der Waals surface area contributed by atoms with Crippen LogP contribution < -0.4 is 5.56 Å². The summed E-state index contributed by atoms with van der Waals surface area (Å²) in [6, 6.07) is 1.53. The molecule has 1 aromatic heterocycles. The van der Waals surface area contributed by atoms with Crippen molar-refractivity contribution >= 4 is 0 Å². The Morgan fingerprint density at radius 2 is 2.29 bits per heavy atom. The van der Waals surface area contributed by atoms with Crippen molar-refractivity contribution in [3.63, 3.8) is 0 Å². The summed E-state index contributed by atoms with van der Waals surface area (Å²) in [6.07, 6.45) is 1.18. The molecule has 0 aromatic carbocycles. The second-order valence-corrected chi connectivity index (χ2v) is 4.41. The topological polar surface area (TPSA) is 69.2 Å². The van der Waals surface area contributed by atoms with Crippen LogP contribution in [0, 0.1) is 0 Å². The van der Waals surface area contributed by atoms with Crippen LogP contribution >= 0.6 is 0 Å². The van der Waals surface area contributed by atoms with E-state index in [0.29, 0.717) is 18.8 Å². The first kappa shape index (κ1) is 13.9. The van der Waals surface area contributed by atoms with Gasteiger partial charge in [-0.15, -0.1) is 0 Å². The number of nitrogens with zero attached hydrogens (tertiary/aromatic N) is 2. The number of aliphatic hydroxyl groups is 1. The minimum Gasteiger partial charge on any atom is -0.393 e. The highest BCUT2D eigenvalue weighted by atomic mass is 16.3. The zero-order chi connectivity index (χ0) is 12.8. The normalized spacial score (nSPS) is 13.0. The Balaban J connectivity index is 2.61. The Kier molecular flexibility index (Phi) is 5.31. The summed E-state index contributed by atoms with van der Waals surface area (Å²) in [5.41, 5.74) is 0.712. The lowest BCUT2D eigenvalue weighted by Crippen LogP contribution is -2.25. The molecule has 1 rings (SSSR count). The summed E-state index contributed by atoms with van der Waals surface area (Å²) in [5.74, 6) is 0.683. The van der Waals surface area contributed by atoms with Crippen LogP contribution in [0.2, 0.25) is 0 Å². The van der Waals surface area contributed by atoms with Gasteiger partial charge in [0.2, 0.25) is 0 Å². The van der Waals surface area contributed by atoms with Crippen molar-refractivity contribution in [3.05, 3.63) is 27.9 Å². The van der Waals surface area contributed by atoms with Crippen LogP contribution in [0.25, 0.3) is 0 Å². The molecule has 96 valence electrons. The average Bonchev–Trinajstić information content (AvgIpc) is 2.25. The second-order valence-electron chi connectivity index (χ2n) is 4.41. The molecule has 1 aromatic rings. The molecule has 0 aliphatic rings. The van der Waals surface area contributed by atoms with Crippen molar-refractivity contribution < 1.29 is 5.11 Å². The summed E-state index contributed by atoms with van der Waals surface area (Å²) >= 11 is 0. The number of aryl methyl sites for hydroxylation is 1. The van der Waals surface area contributed by atoms with Crippen LogP contribution in [0.5, 0.6) is 0 Å². The van der Waals surface area contributed by atoms with Crippen LogP contribution in [0.15, 0.2) is 10.9 Å². The highest BCUT2D eigenvalue weighted by Gasteiger charge is 2.05. The highest BCUT2D eigenvalue weighted by Crippen LogP contribution is 1.99. The molecule has 17 heavy (non-hydrogen) atoms. The van der Waals surface area contributed by atoms with E-state index < -0.39 is 0 Å². The first-order valence-corrected chi connectivity index (χ1v) is 5.97. The summed E-state index contributed by atoms with van der Waals surface area (Å²) < 4.78 is 0. The van der Waals surface area contributed by atoms with E-state index in [2.05, 4.69) is 9.97 Å². The van der Waals surface area contributed by atoms with Gasteiger partial charge in [-0.3, -0.25) is 9.69 Å². The maximum absolute atomic E-state index is 11.4. The third-order valence-electron chi connectivity index (χ3n) is 2.55. The van der Waals surface area contributed by atoms with E-state index in [1.807, 2.05) is 18.9 Å². The van der Waals surface area contributed by atoms with Crippen LogP contribution in [-0.2, 0) is 13.0 Å². The van der Waals surface area contributed by atoms with Crippen molar-refractivity contribution in [3.8, 4) is 0 Å².